The summed E-state index contributed by atoms with van der Waals surface area (Å²) < 4.78 is 27.5. The highest BCUT2D eigenvalue weighted by atomic mass is 16.7. The predicted octanol–water partition coefficient (Wildman–Crippen LogP) is 3.32. The molecule has 0 bridgehead atoms. The van der Waals surface area contributed by atoms with Crippen molar-refractivity contribution in [3.63, 3.8) is 0 Å². The Bertz CT molecular complexity index is 1620. The molecule has 0 aliphatic carbocycles. The normalized spacial score (nSPS) is 21.2. The van der Waals surface area contributed by atoms with Crippen LogP contribution >= 0.6 is 0 Å². The van der Waals surface area contributed by atoms with Gasteiger partial charge < -0.3 is 49.7 Å². The van der Waals surface area contributed by atoms with Crippen LogP contribution < -0.4 is 21.4 Å². The molecule has 4 atom stereocenters. The van der Waals surface area contributed by atoms with Crippen LogP contribution in [0, 0.1) is 0 Å². The maximum absolute atomic E-state index is 12.9. The molecule has 2 heterocycles. The van der Waals surface area contributed by atoms with Gasteiger partial charge in [0.1, 0.15) is 23.2 Å². The van der Waals surface area contributed by atoms with E-state index in [-0.39, 0.29) is 28.0 Å². The number of fused-ring (bicyclic) bond motifs is 1. The molecule has 2 aromatic carbocycles. The third kappa shape index (κ3) is 6.74. The first-order chi connectivity index (χ1) is 20.2. The number of aliphatic hydroxyl groups is 1. The van der Waals surface area contributed by atoms with Crippen molar-refractivity contribution in [1.82, 2.24) is 0 Å². The summed E-state index contributed by atoms with van der Waals surface area (Å²) in [5.41, 5.74) is 4.19. The number of anilines is 1. The Kier molecular flexibility index (Phi) is 8.99. The lowest BCUT2D eigenvalue weighted by Crippen LogP contribution is -2.65. The number of ether oxygens (including phenoxy) is 4. The van der Waals surface area contributed by atoms with Gasteiger partial charge in [-0.25, -0.2) is 9.59 Å². The van der Waals surface area contributed by atoms with Gasteiger partial charge in [0.2, 0.25) is 6.29 Å². The summed E-state index contributed by atoms with van der Waals surface area (Å²) in [6.07, 6.45) is -3.79. The number of amides is 2. The van der Waals surface area contributed by atoms with Crippen molar-refractivity contribution >= 4 is 28.7 Å². The second kappa shape index (κ2) is 12.3. The van der Waals surface area contributed by atoms with E-state index in [1.165, 1.54) is 43.5 Å². The summed E-state index contributed by atoms with van der Waals surface area (Å²) in [5.74, 6) is -1.14. The van der Waals surface area contributed by atoms with Crippen LogP contribution in [0.15, 0.2) is 57.3 Å². The Morgan fingerprint density at radius 3 is 2.51 bits per heavy atom. The minimum atomic E-state index is -1.51. The summed E-state index contributed by atoms with van der Waals surface area (Å²) in [6, 6.07) is 8.33. The first kappa shape index (κ1) is 31.3. The first-order valence-corrected chi connectivity index (χ1v) is 13.3. The van der Waals surface area contributed by atoms with E-state index >= 15 is 0 Å². The fraction of sp³-hybridized carbons (Fsp3) is 0.367. The lowest BCUT2D eigenvalue weighted by atomic mass is 9.89. The lowest BCUT2D eigenvalue weighted by molar-refractivity contribution is -0.304. The molecule has 230 valence electrons. The number of hydrogen-bond acceptors (Lipinski definition) is 11. The molecule has 13 nitrogen and oxygen atoms in total. The molecule has 43 heavy (non-hydrogen) atoms. The Balaban J connectivity index is 1.58. The number of carbonyl (C=O) groups is 2. The highest BCUT2D eigenvalue weighted by Crippen LogP contribution is 2.36. The summed E-state index contributed by atoms with van der Waals surface area (Å²) in [7, 11) is 1.36. The number of aliphatic hydroxyl groups excluding tert-OH is 1. The fourth-order valence-electron chi connectivity index (χ4n) is 4.82. The van der Waals surface area contributed by atoms with E-state index in [4.69, 9.17) is 29.1 Å². The Morgan fingerprint density at radius 1 is 1.14 bits per heavy atom. The van der Waals surface area contributed by atoms with Gasteiger partial charge in [-0.05, 0) is 70.0 Å². The molecule has 6 N–H and O–H groups in total. The number of aromatic hydroxyl groups is 2. The van der Waals surface area contributed by atoms with Crippen LogP contribution in [0.25, 0.3) is 11.0 Å². The number of primary amides is 1. The second-order valence-corrected chi connectivity index (χ2v) is 10.8. The van der Waals surface area contributed by atoms with Crippen molar-refractivity contribution in [1.29, 1.82) is 0 Å². The number of methoxy groups -OCH3 is 1. The molecule has 2 amide bonds. The van der Waals surface area contributed by atoms with Gasteiger partial charge in [-0.3, -0.25) is 4.79 Å². The first-order valence-electron chi connectivity index (χ1n) is 13.3. The van der Waals surface area contributed by atoms with Crippen molar-refractivity contribution < 1.29 is 48.3 Å². The number of phenols is 1. The third-order valence-corrected chi connectivity index (χ3v) is 6.94. The summed E-state index contributed by atoms with van der Waals surface area (Å²) >= 11 is 0. The van der Waals surface area contributed by atoms with E-state index in [2.05, 4.69) is 5.32 Å². The van der Waals surface area contributed by atoms with Crippen LogP contribution in [0.1, 0.15) is 43.6 Å². The number of rotatable bonds is 8. The van der Waals surface area contributed by atoms with Crippen molar-refractivity contribution in [2.75, 3.05) is 12.4 Å². The highest BCUT2D eigenvalue weighted by molar-refractivity contribution is 6.06. The van der Waals surface area contributed by atoms with E-state index in [1.54, 1.807) is 13.8 Å². The van der Waals surface area contributed by atoms with Gasteiger partial charge in [0.15, 0.2) is 23.6 Å². The number of benzene rings is 2. The third-order valence-electron chi connectivity index (χ3n) is 6.94. The van der Waals surface area contributed by atoms with Crippen LogP contribution in [0.2, 0.25) is 0 Å². The zero-order valence-corrected chi connectivity index (χ0v) is 24.2. The maximum Gasteiger partial charge on any atom is 0.404 e. The van der Waals surface area contributed by atoms with E-state index in [9.17, 15) is 29.7 Å². The van der Waals surface area contributed by atoms with Gasteiger partial charge in [0, 0.05) is 18.7 Å². The summed E-state index contributed by atoms with van der Waals surface area (Å²) in [4.78, 5) is 37.2. The smallest absolute Gasteiger partial charge is 0.404 e. The highest BCUT2D eigenvalue weighted by Gasteiger charge is 2.53. The van der Waals surface area contributed by atoms with Crippen molar-refractivity contribution in [3.05, 3.63) is 69.6 Å². The van der Waals surface area contributed by atoms with Gasteiger partial charge in [-0.1, -0.05) is 11.6 Å². The predicted molar refractivity (Wildman–Crippen MR) is 154 cm³/mol. The molecule has 1 aliphatic heterocycles. The Hall–Kier alpha value is -4.59. The fourth-order valence-corrected chi connectivity index (χ4v) is 4.82. The standard InChI is InChI=1S/C30H34N2O11/c1-14(2)6-7-15-12-16(8-11-19(15)33)26(36)32-21-22(34)18-10-9-17(13-20(18)41-27(21)37)40-28-23(35)24(42-29(31)38)25(39-5)30(3,4)43-28/h6,8-13,23-25,28,33-35H,7H2,1-5H3,(H2,31,38)(H,32,36)/t23?,24?,25-,28?/m1/s1. The van der Waals surface area contributed by atoms with Crippen LogP contribution in [-0.2, 0) is 20.6 Å². The number of hydrogen-bond donors (Lipinski definition) is 5. The quantitative estimate of drug-likeness (QED) is 0.188. The number of phenolic OH excluding ortho intramolecular Hbond substituents is 1. The molecule has 0 saturated carbocycles. The van der Waals surface area contributed by atoms with Gasteiger partial charge >= 0.3 is 11.7 Å². The van der Waals surface area contributed by atoms with Gasteiger partial charge in [-0.2, -0.15) is 0 Å². The van der Waals surface area contributed by atoms with E-state index in [0.29, 0.717) is 12.0 Å². The zero-order chi connectivity index (χ0) is 31.6. The molecule has 1 aliphatic rings. The van der Waals surface area contributed by atoms with Crippen molar-refractivity contribution in [2.45, 2.75) is 64.3 Å². The van der Waals surface area contributed by atoms with E-state index in [0.717, 1.165) is 5.57 Å². The average Bonchev–Trinajstić information content (AvgIpc) is 2.92. The van der Waals surface area contributed by atoms with Crippen LogP contribution in [0.3, 0.4) is 0 Å². The molecule has 1 fully saturated rings. The topological polar surface area (TPSA) is 200 Å². The van der Waals surface area contributed by atoms with Gasteiger partial charge in [-0.15, -0.1) is 0 Å². The van der Waals surface area contributed by atoms with Gasteiger partial charge in [0.05, 0.1) is 11.0 Å². The molecular formula is C30H34N2O11. The zero-order valence-electron chi connectivity index (χ0n) is 24.2. The minimum absolute atomic E-state index is 0.0179. The summed E-state index contributed by atoms with van der Waals surface area (Å²) in [6.45, 7) is 7.12. The number of carbonyl (C=O) groups excluding carboxylic acids is 2. The van der Waals surface area contributed by atoms with Crippen molar-refractivity contribution in [3.8, 4) is 17.2 Å². The SMILES string of the molecule is CO[C@@H]1C(OC(N)=O)C(O)C(Oc2ccc3c(O)c(NC(=O)c4ccc(O)c(CC=C(C)C)c4)c(=O)oc3c2)OC1(C)C. The monoisotopic (exact) mass is 598 g/mol. The molecule has 0 radical (unpaired) electrons. The van der Waals surface area contributed by atoms with Crippen LogP contribution in [-0.4, -0.2) is 64.6 Å². The molecule has 1 saturated heterocycles. The number of allylic oxidation sites excluding steroid dienone is 2. The number of nitrogens with two attached hydrogens (primary N) is 1. The molecule has 13 heteroatoms. The van der Waals surface area contributed by atoms with E-state index in [1.807, 2.05) is 19.9 Å². The minimum Gasteiger partial charge on any atom is -0.508 e. The molecule has 3 aromatic rings. The molecule has 4 rings (SSSR count). The number of nitrogens with one attached hydrogen (secondary N) is 1. The molecule has 1 aromatic heterocycles. The van der Waals surface area contributed by atoms with Crippen LogP contribution in [0.5, 0.6) is 17.2 Å². The summed E-state index contributed by atoms with van der Waals surface area (Å²) in [5, 5.41) is 34.3. The van der Waals surface area contributed by atoms with Gasteiger partial charge in [0.25, 0.3) is 5.91 Å². The Morgan fingerprint density at radius 2 is 1.86 bits per heavy atom. The molecule has 3 unspecified atom stereocenters. The maximum atomic E-state index is 12.9. The van der Waals surface area contributed by atoms with Crippen LogP contribution in [0.4, 0.5) is 10.5 Å². The molecule has 0 spiro atoms. The lowest BCUT2D eigenvalue weighted by Gasteiger charge is -2.47. The second-order valence-electron chi connectivity index (χ2n) is 10.8. The van der Waals surface area contributed by atoms with Crippen molar-refractivity contribution in [2.24, 2.45) is 5.73 Å². The largest absolute Gasteiger partial charge is 0.508 e. The Labute approximate surface area is 246 Å². The molecular weight excluding hydrogens is 564 g/mol. The average molecular weight is 599 g/mol. The van der Waals surface area contributed by atoms with E-state index < -0.39 is 59.3 Å².